The summed E-state index contributed by atoms with van der Waals surface area (Å²) >= 11 is 12.7. The van der Waals surface area contributed by atoms with Crippen LogP contribution in [0.5, 0.6) is 0 Å². The fraction of sp³-hybridized carbons (Fsp3) is 0. The van der Waals surface area contributed by atoms with E-state index in [1.54, 1.807) is 29.1 Å². The molecule has 0 amide bonds. The second-order valence-electron chi connectivity index (χ2n) is 2.97. The van der Waals surface area contributed by atoms with Crippen LogP contribution in [0.3, 0.4) is 0 Å². The Morgan fingerprint density at radius 3 is 2.81 bits per heavy atom. The van der Waals surface area contributed by atoms with Crippen LogP contribution >= 0.6 is 43.5 Å². The van der Waals surface area contributed by atoms with Gasteiger partial charge in [-0.3, -0.25) is 9.36 Å². The molecule has 0 aliphatic rings. The molecule has 2 aromatic heterocycles. The summed E-state index contributed by atoms with van der Waals surface area (Å²) in [6, 6.07) is 3.46. The maximum absolute atomic E-state index is 11.0. The number of carbonyl (C=O) groups is 1. The summed E-state index contributed by atoms with van der Waals surface area (Å²) < 4.78 is 3.09. The summed E-state index contributed by atoms with van der Waals surface area (Å²) in [4.78, 5) is 15.1. The standard InChI is InChI=1S/C10H5Br2ClN2O/c11-6-4-15(8(5-16)9(6)12)10-7(13)2-1-3-14-10/h1-5H. The van der Waals surface area contributed by atoms with Crippen molar-refractivity contribution in [3.05, 3.63) is 44.2 Å². The largest absolute Gasteiger partial charge is 0.296 e. The van der Waals surface area contributed by atoms with Crippen molar-refractivity contribution >= 4 is 49.7 Å². The number of hydrogen-bond acceptors (Lipinski definition) is 2. The molecule has 0 unspecified atom stereocenters. The Morgan fingerprint density at radius 2 is 2.19 bits per heavy atom. The normalized spacial score (nSPS) is 10.4. The van der Waals surface area contributed by atoms with E-state index in [1.807, 2.05) is 0 Å². The molecule has 0 spiro atoms. The van der Waals surface area contributed by atoms with Crippen molar-refractivity contribution in [2.24, 2.45) is 0 Å². The van der Waals surface area contributed by atoms with Crippen LogP contribution in [0.15, 0.2) is 33.5 Å². The van der Waals surface area contributed by atoms with Crippen molar-refractivity contribution in [1.82, 2.24) is 9.55 Å². The molecule has 2 heterocycles. The Labute approximate surface area is 114 Å². The highest BCUT2D eigenvalue weighted by atomic mass is 79.9. The first-order chi connectivity index (χ1) is 7.65. The molecule has 82 valence electrons. The lowest BCUT2D eigenvalue weighted by Gasteiger charge is -2.05. The number of aldehydes is 1. The molecule has 0 atom stereocenters. The number of halogens is 3. The van der Waals surface area contributed by atoms with E-state index in [2.05, 4.69) is 36.8 Å². The minimum Gasteiger partial charge on any atom is -0.296 e. The number of aromatic nitrogens is 2. The molecule has 2 rings (SSSR count). The molecule has 0 radical (unpaired) electrons. The number of nitrogens with zero attached hydrogens (tertiary/aromatic N) is 2. The predicted octanol–water partition coefficient (Wildman–Crippen LogP) is 3.86. The highest BCUT2D eigenvalue weighted by Crippen LogP contribution is 2.31. The topological polar surface area (TPSA) is 34.9 Å². The van der Waals surface area contributed by atoms with E-state index >= 15 is 0 Å². The summed E-state index contributed by atoms with van der Waals surface area (Å²) in [7, 11) is 0. The van der Waals surface area contributed by atoms with E-state index in [0.29, 0.717) is 21.0 Å². The van der Waals surface area contributed by atoms with Crippen LogP contribution in [0.1, 0.15) is 10.5 Å². The number of carbonyl (C=O) groups excluding carboxylic acids is 1. The Kier molecular flexibility index (Phi) is 3.47. The molecule has 0 saturated heterocycles. The van der Waals surface area contributed by atoms with Gasteiger partial charge in [-0.25, -0.2) is 4.98 Å². The van der Waals surface area contributed by atoms with Crippen LogP contribution < -0.4 is 0 Å². The molecule has 0 fully saturated rings. The number of pyridine rings is 1. The number of hydrogen-bond donors (Lipinski definition) is 0. The van der Waals surface area contributed by atoms with Crippen molar-refractivity contribution in [3.8, 4) is 5.82 Å². The van der Waals surface area contributed by atoms with Gasteiger partial charge >= 0.3 is 0 Å². The minimum absolute atomic E-state index is 0.465. The van der Waals surface area contributed by atoms with Crippen LogP contribution in [0.4, 0.5) is 0 Å². The van der Waals surface area contributed by atoms with Gasteiger partial charge in [0.25, 0.3) is 0 Å². The molecule has 0 aliphatic carbocycles. The fourth-order valence-corrected chi connectivity index (χ4v) is 2.31. The third kappa shape index (κ3) is 1.95. The Bertz CT molecular complexity index is 554. The van der Waals surface area contributed by atoms with Crippen LogP contribution in [-0.4, -0.2) is 15.8 Å². The van der Waals surface area contributed by atoms with Crippen LogP contribution in [0.25, 0.3) is 5.82 Å². The predicted molar refractivity (Wildman–Crippen MR) is 69.4 cm³/mol. The van der Waals surface area contributed by atoms with Crippen molar-refractivity contribution in [2.75, 3.05) is 0 Å². The summed E-state index contributed by atoms with van der Waals surface area (Å²) in [6.07, 6.45) is 4.11. The molecule has 0 saturated carbocycles. The third-order valence-electron chi connectivity index (χ3n) is 2.02. The van der Waals surface area contributed by atoms with E-state index in [4.69, 9.17) is 11.6 Å². The van der Waals surface area contributed by atoms with E-state index < -0.39 is 0 Å². The van der Waals surface area contributed by atoms with E-state index in [1.165, 1.54) is 0 Å². The summed E-state index contributed by atoms with van der Waals surface area (Å²) in [6.45, 7) is 0. The molecule has 16 heavy (non-hydrogen) atoms. The lowest BCUT2D eigenvalue weighted by atomic mass is 10.4. The van der Waals surface area contributed by atoms with Gasteiger partial charge in [-0.1, -0.05) is 11.6 Å². The zero-order chi connectivity index (χ0) is 11.7. The highest BCUT2D eigenvalue weighted by Gasteiger charge is 2.14. The van der Waals surface area contributed by atoms with Crippen LogP contribution in [-0.2, 0) is 0 Å². The summed E-state index contributed by atoms with van der Waals surface area (Å²) in [5.41, 5.74) is 0.465. The SMILES string of the molecule is O=Cc1c(Br)c(Br)cn1-c1ncccc1Cl. The molecule has 6 heteroatoms. The van der Waals surface area contributed by atoms with Gasteiger partial charge in [0.2, 0.25) is 0 Å². The second kappa shape index (κ2) is 4.69. The molecular formula is C10H5Br2ClN2O. The van der Waals surface area contributed by atoms with Gasteiger partial charge < -0.3 is 0 Å². The minimum atomic E-state index is 0.465. The monoisotopic (exact) mass is 362 g/mol. The lowest BCUT2D eigenvalue weighted by Crippen LogP contribution is -2.01. The first-order valence-corrected chi connectivity index (χ1v) is 6.24. The highest BCUT2D eigenvalue weighted by molar-refractivity contribution is 9.13. The van der Waals surface area contributed by atoms with Crippen molar-refractivity contribution in [1.29, 1.82) is 0 Å². The Balaban J connectivity index is 2.69. The second-order valence-corrected chi connectivity index (χ2v) is 5.03. The fourth-order valence-electron chi connectivity index (χ4n) is 1.31. The maximum atomic E-state index is 11.0. The zero-order valence-electron chi connectivity index (χ0n) is 7.82. The van der Waals surface area contributed by atoms with Gasteiger partial charge in [0, 0.05) is 12.4 Å². The average molecular weight is 364 g/mol. The van der Waals surface area contributed by atoms with Gasteiger partial charge in [-0.05, 0) is 44.0 Å². The smallest absolute Gasteiger partial charge is 0.168 e. The van der Waals surface area contributed by atoms with E-state index in [9.17, 15) is 4.79 Å². The molecule has 0 bridgehead atoms. The van der Waals surface area contributed by atoms with Gasteiger partial charge in [0.1, 0.15) is 5.69 Å². The van der Waals surface area contributed by atoms with Crippen molar-refractivity contribution < 1.29 is 4.79 Å². The summed E-state index contributed by atoms with van der Waals surface area (Å²) in [5.74, 6) is 0.526. The third-order valence-corrected chi connectivity index (χ3v) is 4.28. The van der Waals surface area contributed by atoms with Crippen molar-refractivity contribution in [3.63, 3.8) is 0 Å². The Morgan fingerprint density at radius 1 is 1.44 bits per heavy atom. The molecule has 0 aromatic carbocycles. The molecule has 3 nitrogen and oxygen atoms in total. The zero-order valence-corrected chi connectivity index (χ0v) is 11.8. The average Bonchev–Trinajstić information content (AvgIpc) is 2.56. The first-order valence-electron chi connectivity index (χ1n) is 4.27. The van der Waals surface area contributed by atoms with Gasteiger partial charge in [0.05, 0.1) is 14.0 Å². The molecule has 0 N–H and O–H groups in total. The maximum Gasteiger partial charge on any atom is 0.168 e. The quantitative estimate of drug-likeness (QED) is 0.759. The Hall–Kier alpha value is -0.650. The van der Waals surface area contributed by atoms with Gasteiger partial charge in [-0.15, -0.1) is 0 Å². The van der Waals surface area contributed by atoms with Crippen LogP contribution in [0.2, 0.25) is 5.02 Å². The number of rotatable bonds is 2. The van der Waals surface area contributed by atoms with Gasteiger partial charge in [-0.2, -0.15) is 0 Å². The molecule has 0 aliphatic heterocycles. The molecular weight excluding hydrogens is 359 g/mol. The van der Waals surface area contributed by atoms with E-state index in [0.717, 1.165) is 10.8 Å². The van der Waals surface area contributed by atoms with Crippen molar-refractivity contribution in [2.45, 2.75) is 0 Å². The molecule has 2 aromatic rings. The summed E-state index contributed by atoms with van der Waals surface area (Å²) in [5, 5.41) is 0.487. The first kappa shape index (κ1) is 11.8. The lowest BCUT2D eigenvalue weighted by molar-refractivity contribution is 0.111. The van der Waals surface area contributed by atoms with E-state index in [-0.39, 0.29) is 0 Å². The van der Waals surface area contributed by atoms with Gasteiger partial charge in [0.15, 0.2) is 12.1 Å². The van der Waals surface area contributed by atoms with Crippen LogP contribution in [0, 0.1) is 0 Å².